The van der Waals surface area contributed by atoms with E-state index in [2.05, 4.69) is 35.8 Å². The number of aryl methyl sites for hydroxylation is 2. The van der Waals surface area contributed by atoms with Crippen LogP contribution in [0.1, 0.15) is 39.6 Å². The molecule has 5 aromatic rings. The molecule has 0 aliphatic heterocycles. The number of para-hydroxylation sites is 1. The van der Waals surface area contributed by atoms with E-state index < -0.39 is 6.37 Å². The van der Waals surface area contributed by atoms with E-state index in [9.17, 15) is 0 Å². The van der Waals surface area contributed by atoms with Gasteiger partial charge in [-0.1, -0.05) is 43.9 Å². The molecule has 31 heavy (non-hydrogen) atoms. The van der Waals surface area contributed by atoms with Crippen molar-refractivity contribution in [2.45, 2.75) is 39.0 Å². The van der Waals surface area contributed by atoms with Crippen molar-refractivity contribution < 1.29 is 11.7 Å². The topological polar surface area (TPSA) is 29.9 Å². The van der Waals surface area contributed by atoms with Gasteiger partial charge in [-0.25, -0.2) is 9.55 Å². The third kappa shape index (κ3) is 3.20. The van der Waals surface area contributed by atoms with Crippen LogP contribution in [0.25, 0.3) is 44.2 Å². The van der Waals surface area contributed by atoms with Crippen LogP contribution in [0.4, 0.5) is 0 Å². The number of furan rings is 1. The van der Waals surface area contributed by atoms with Gasteiger partial charge in [0.1, 0.15) is 12.6 Å². The zero-order valence-electron chi connectivity index (χ0n) is 20.0. The van der Waals surface area contributed by atoms with Gasteiger partial charge >= 0.3 is 0 Å². The number of benzene rings is 2. The summed E-state index contributed by atoms with van der Waals surface area (Å²) in [7, 11) is 2.02. The Morgan fingerprint density at radius 1 is 1.06 bits per heavy atom. The van der Waals surface area contributed by atoms with Gasteiger partial charge in [-0.2, -0.15) is 0 Å². The zero-order chi connectivity index (χ0) is 22.7. The van der Waals surface area contributed by atoms with Gasteiger partial charge in [-0.15, -0.1) is 0 Å². The molecule has 2 aromatic carbocycles. The van der Waals surface area contributed by atoms with Crippen molar-refractivity contribution in [2.75, 3.05) is 0 Å². The molecule has 0 amide bonds. The van der Waals surface area contributed by atoms with E-state index in [1.54, 1.807) is 0 Å². The predicted molar refractivity (Wildman–Crippen MR) is 126 cm³/mol. The minimum absolute atomic E-state index is 0.0961. The SMILES string of the molecule is [2H]C([2H])(c1cc[n+](C)c(-c2cc3c(cc2C)oc2nc4ccccc4cc23)c1)C1CCCC1. The molecule has 3 heteroatoms. The lowest BCUT2D eigenvalue weighted by Gasteiger charge is -2.10. The van der Waals surface area contributed by atoms with Crippen LogP contribution >= 0.6 is 0 Å². The molecule has 3 nitrogen and oxygen atoms in total. The molecule has 154 valence electrons. The Hall–Kier alpha value is -3.20. The molecule has 3 heterocycles. The summed E-state index contributed by atoms with van der Waals surface area (Å²) >= 11 is 0. The van der Waals surface area contributed by atoms with Crippen molar-refractivity contribution in [1.82, 2.24) is 4.98 Å². The maximum absolute atomic E-state index is 8.87. The van der Waals surface area contributed by atoms with Gasteiger partial charge in [-0.05, 0) is 54.6 Å². The molecule has 1 aliphatic rings. The highest BCUT2D eigenvalue weighted by atomic mass is 16.3. The standard InChI is InChI=1S/C28H27N2O/c1-18-13-27-23(24-16-21-9-5-6-10-25(21)29-28(24)31-27)17-22(18)26-15-20(11-12-30(26)2)14-19-7-3-4-8-19/h5-6,9-13,15-17,19H,3-4,7-8,14H2,1-2H3/q+1/i14D2. The first kappa shape index (κ1) is 16.5. The number of hydrogen-bond acceptors (Lipinski definition) is 2. The maximum atomic E-state index is 8.87. The fourth-order valence-electron chi connectivity index (χ4n) is 4.96. The first-order chi connectivity index (χ1) is 15.9. The van der Waals surface area contributed by atoms with E-state index in [1.165, 1.54) is 0 Å². The fraction of sp³-hybridized carbons (Fsp3) is 0.286. The molecule has 0 saturated heterocycles. The van der Waals surface area contributed by atoms with Gasteiger partial charge in [0.2, 0.25) is 11.4 Å². The van der Waals surface area contributed by atoms with Crippen molar-refractivity contribution in [3.63, 3.8) is 0 Å². The summed E-state index contributed by atoms with van der Waals surface area (Å²) < 4.78 is 26.0. The molecule has 0 radical (unpaired) electrons. The minimum Gasteiger partial charge on any atom is -0.438 e. The number of rotatable bonds is 3. The Balaban J connectivity index is 1.54. The Bertz CT molecular complexity index is 1530. The zero-order valence-corrected chi connectivity index (χ0v) is 18.0. The van der Waals surface area contributed by atoms with Crippen LogP contribution in [0.2, 0.25) is 0 Å². The van der Waals surface area contributed by atoms with Crippen LogP contribution in [0.15, 0.2) is 65.2 Å². The Morgan fingerprint density at radius 2 is 1.90 bits per heavy atom. The molecular formula is C28H27N2O+. The third-order valence-corrected chi connectivity index (χ3v) is 6.66. The molecule has 1 fully saturated rings. The fourth-order valence-corrected chi connectivity index (χ4v) is 4.96. The maximum Gasteiger partial charge on any atom is 0.227 e. The van der Waals surface area contributed by atoms with Crippen LogP contribution in [-0.2, 0) is 13.4 Å². The quantitative estimate of drug-likeness (QED) is 0.312. The van der Waals surface area contributed by atoms with Crippen molar-refractivity contribution >= 4 is 33.0 Å². The van der Waals surface area contributed by atoms with Crippen molar-refractivity contribution in [1.29, 1.82) is 0 Å². The summed E-state index contributed by atoms with van der Waals surface area (Å²) in [6.07, 6.45) is 4.87. The van der Waals surface area contributed by atoms with Crippen LogP contribution in [0, 0.1) is 12.8 Å². The second-order valence-electron chi connectivity index (χ2n) is 8.84. The molecule has 3 aromatic heterocycles. The molecule has 1 saturated carbocycles. The van der Waals surface area contributed by atoms with Crippen LogP contribution in [-0.4, -0.2) is 4.98 Å². The first-order valence-corrected chi connectivity index (χ1v) is 11.1. The van der Waals surface area contributed by atoms with Gasteiger partial charge in [0.15, 0.2) is 6.20 Å². The highest BCUT2D eigenvalue weighted by molar-refractivity contribution is 6.08. The molecule has 0 N–H and O–H groups in total. The van der Waals surface area contributed by atoms with Gasteiger partial charge in [0, 0.05) is 36.6 Å². The van der Waals surface area contributed by atoms with Crippen LogP contribution in [0.5, 0.6) is 0 Å². The summed E-state index contributed by atoms with van der Waals surface area (Å²) in [5, 5.41) is 3.13. The van der Waals surface area contributed by atoms with Gasteiger partial charge in [0.05, 0.1) is 5.52 Å². The van der Waals surface area contributed by atoms with E-state index in [-0.39, 0.29) is 5.92 Å². The molecule has 1 aliphatic carbocycles. The van der Waals surface area contributed by atoms with E-state index in [4.69, 9.17) is 12.1 Å². The van der Waals surface area contributed by atoms with Crippen LogP contribution in [0.3, 0.4) is 0 Å². The number of aromatic nitrogens is 2. The number of fused-ring (bicyclic) bond motifs is 4. The lowest BCUT2D eigenvalue weighted by atomic mass is 9.95. The highest BCUT2D eigenvalue weighted by Crippen LogP contribution is 2.35. The summed E-state index contributed by atoms with van der Waals surface area (Å²) in [5.74, 6) is 0.0961. The lowest BCUT2D eigenvalue weighted by molar-refractivity contribution is -0.660. The minimum atomic E-state index is -1.32. The van der Waals surface area contributed by atoms with E-state index >= 15 is 0 Å². The Morgan fingerprint density at radius 3 is 2.77 bits per heavy atom. The summed E-state index contributed by atoms with van der Waals surface area (Å²) in [6.45, 7) is 2.09. The Labute approximate surface area is 185 Å². The van der Waals surface area contributed by atoms with Gasteiger partial charge in [-0.3, -0.25) is 0 Å². The normalized spacial score (nSPS) is 16.3. The third-order valence-electron chi connectivity index (χ3n) is 6.66. The molecule has 0 atom stereocenters. The smallest absolute Gasteiger partial charge is 0.227 e. The molecule has 0 bridgehead atoms. The van der Waals surface area contributed by atoms with Gasteiger partial charge in [0.25, 0.3) is 0 Å². The molecular weight excluding hydrogens is 380 g/mol. The highest BCUT2D eigenvalue weighted by Gasteiger charge is 2.20. The monoisotopic (exact) mass is 409 g/mol. The molecule has 0 spiro atoms. The predicted octanol–water partition coefficient (Wildman–Crippen LogP) is 6.67. The van der Waals surface area contributed by atoms with E-state index in [0.717, 1.165) is 75.3 Å². The summed E-state index contributed by atoms with van der Waals surface area (Å²) in [4.78, 5) is 4.73. The summed E-state index contributed by atoms with van der Waals surface area (Å²) in [6, 6.07) is 18.5. The second kappa shape index (κ2) is 7.19. The number of nitrogens with zero attached hydrogens (tertiary/aromatic N) is 2. The van der Waals surface area contributed by atoms with Crippen molar-refractivity contribution in [3.05, 3.63) is 71.9 Å². The average molecular weight is 410 g/mol. The summed E-state index contributed by atoms with van der Waals surface area (Å²) in [5.41, 5.74) is 6.37. The van der Waals surface area contributed by atoms with Crippen molar-refractivity contribution in [2.24, 2.45) is 13.0 Å². The Kier molecular flexibility index (Phi) is 3.83. The first-order valence-electron chi connectivity index (χ1n) is 12.1. The molecule has 6 rings (SSSR count). The van der Waals surface area contributed by atoms with E-state index in [1.807, 2.05) is 43.6 Å². The number of pyridine rings is 2. The van der Waals surface area contributed by atoms with E-state index in [0.29, 0.717) is 5.71 Å². The average Bonchev–Trinajstić information content (AvgIpc) is 3.46. The largest absolute Gasteiger partial charge is 0.438 e. The lowest BCUT2D eigenvalue weighted by Crippen LogP contribution is -2.30. The van der Waals surface area contributed by atoms with Crippen LogP contribution < -0.4 is 4.57 Å². The number of hydrogen-bond donors (Lipinski definition) is 0. The van der Waals surface area contributed by atoms with Crippen molar-refractivity contribution in [3.8, 4) is 11.3 Å². The second-order valence-corrected chi connectivity index (χ2v) is 8.84. The van der Waals surface area contributed by atoms with Gasteiger partial charge < -0.3 is 4.42 Å². The molecule has 0 unspecified atom stereocenters.